The fraction of sp³-hybridized carbons (Fsp3) is 0.0625. The molecule has 0 radical (unpaired) electrons. The first-order valence-corrected chi connectivity index (χ1v) is 6.95. The van der Waals surface area contributed by atoms with Crippen molar-refractivity contribution in [3.8, 4) is 16.9 Å². The van der Waals surface area contributed by atoms with Crippen molar-refractivity contribution in [3.05, 3.63) is 62.4 Å². The van der Waals surface area contributed by atoms with Crippen molar-refractivity contribution in [3.63, 3.8) is 0 Å². The molecule has 1 N–H and O–H groups in total. The fourth-order valence-electron chi connectivity index (χ4n) is 2.34. The predicted molar refractivity (Wildman–Crippen MR) is 84.3 cm³/mol. The standard InChI is InChI=1S/C16H10Cl2O3/c1-8-12-7-10(19)3-5-14(12)21-16(20)15(8)11-4-2-9(17)6-13(11)18/h2-7,19H,1H3. The highest BCUT2D eigenvalue weighted by molar-refractivity contribution is 6.36. The predicted octanol–water partition coefficient (Wildman–Crippen LogP) is 4.78. The van der Waals surface area contributed by atoms with Crippen LogP contribution >= 0.6 is 23.2 Å². The minimum atomic E-state index is -0.477. The number of hydrogen-bond donors (Lipinski definition) is 1. The van der Waals surface area contributed by atoms with Crippen molar-refractivity contribution < 1.29 is 9.52 Å². The number of fused-ring (bicyclic) bond motifs is 1. The van der Waals surface area contributed by atoms with Gasteiger partial charge in [-0.3, -0.25) is 0 Å². The molecule has 0 atom stereocenters. The van der Waals surface area contributed by atoms with Gasteiger partial charge in [0.2, 0.25) is 0 Å². The third kappa shape index (κ3) is 2.39. The highest BCUT2D eigenvalue weighted by Crippen LogP contribution is 2.33. The Morgan fingerprint density at radius 2 is 1.86 bits per heavy atom. The number of phenols is 1. The number of aryl methyl sites for hydroxylation is 1. The van der Waals surface area contributed by atoms with Gasteiger partial charge in [0.25, 0.3) is 0 Å². The van der Waals surface area contributed by atoms with Gasteiger partial charge in [0.1, 0.15) is 11.3 Å². The summed E-state index contributed by atoms with van der Waals surface area (Å²) in [7, 11) is 0. The van der Waals surface area contributed by atoms with Crippen molar-refractivity contribution >= 4 is 34.2 Å². The maximum atomic E-state index is 12.3. The van der Waals surface area contributed by atoms with Gasteiger partial charge in [-0.1, -0.05) is 29.3 Å². The third-order valence-corrected chi connectivity index (χ3v) is 3.90. The van der Waals surface area contributed by atoms with E-state index in [-0.39, 0.29) is 5.75 Å². The molecule has 0 saturated carbocycles. The molecule has 3 rings (SSSR count). The Balaban J connectivity index is 2.39. The molecule has 2 aromatic carbocycles. The highest BCUT2D eigenvalue weighted by atomic mass is 35.5. The molecule has 0 unspecified atom stereocenters. The van der Waals surface area contributed by atoms with E-state index in [9.17, 15) is 9.90 Å². The largest absolute Gasteiger partial charge is 0.508 e. The summed E-state index contributed by atoms with van der Waals surface area (Å²) in [6, 6.07) is 9.50. The lowest BCUT2D eigenvalue weighted by molar-refractivity contribution is 0.475. The summed E-state index contributed by atoms with van der Waals surface area (Å²) in [4.78, 5) is 12.3. The minimum Gasteiger partial charge on any atom is -0.508 e. The minimum absolute atomic E-state index is 0.104. The number of aromatic hydroxyl groups is 1. The van der Waals surface area contributed by atoms with Crippen LogP contribution in [0.15, 0.2) is 45.6 Å². The van der Waals surface area contributed by atoms with E-state index >= 15 is 0 Å². The molecule has 106 valence electrons. The van der Waals surface area contributed by atoms with Crippen LogP contribution in [0.2, 0.25) is 10.0 Å². The highest BCUT2D eigenvalue weighted by Gasteiger charge is 2.16. The quantitative estimate of drug-likeness (QED) is 0.656. The smallest absolute Gasteiger partial charge is 0.344 e. The Kier molecular flexibility index (Phi) is 3.40. The zero-order chi connectivity index (χ0) is 15.1. The van der Waals surface area contributed by atoms with Crippen molar-refractivity contribution in [1.29, 1.82) is 0 Å². The molecule has 3 aromatic rings. The van der Waals surface area contributed by atoms with Gasteiger partial charge >= 0.3 is 5.63 Å². The van der Waals surface area contributed by atoms with Crippen LogP contribution in [0.25, 0.3) is 22.1 Å². The van der Waals surface area contributed by atoms with E-state index in [0.717, 1.165) is 0 Å². The molecule has 3 nitrogen and oxygen atoms in total. The maximum Gasteiger partial charge on any atom is 0.344 e. The van der Waals surface area contributed by atoms with Crippen molar-refractivity contribution in [2.75, 3.05) is 0 Å². The second kappa shape index (κ2) is 5.10. The van der Waals surface area contributed by atoms with Crippen LogP contribution in [0.3, 0.4) is 0 Å². The third-order valence-electron chi connectivity index (χ3n) is 3.35. The average Bonchev–Trinajstić information content (AvgIpc) is 2.42. The molecule has 0 aliphatic carbocycles. The van der Waals surface area contributed by atoms with E-state index in [1.54, 1.807) is 37.3 Å². The van der Waals surface area contributed by atoms with Crippen LogP contribution < -0.4 is 5.63 Å². The Labute approximate surface area is 130 Å². The van der Waals surface area contributed by atoms with Crippen molar-refractivity contribution in [2.24, 2.45) is 0 Å². The second-order valence-electron chi connectivity index (χ2n) is 4.69. The number of phenolic OH excluding ortho intramolecular Hbond substituents is 1. The summed E-state index contributed by atoms with van der Waals surface area (Å²) in [5.74, 6) is 0.104. The molecule has 1 aromatic heterocycles. The lowest BCUT2D eigenvalue weighted by Gasteiger charge is -2.10. The summed E-state index contributed by atoms with van der Waals surface area (Å²) in [6.07, 6.45) is 0. The van der Waals surface area contributed by atoms with Crippen molar-refractivity contribution in [2.45, 2.75) is 6.92 Å². The molecule has 0 bridgehead atoms. The molecule has 21 heavy (non-hydrogen) atoms. The summed E-state index contributed by atoms with van der Waals surface area (Å²) in [6.45, 7) is 1.79. The molecular formula is C16H10Cl2O3. The molecule has 0 saturated heterocycles. The molecule has 0 amide bonds. The number of rotatable bonds is 1. The van der Waals surface area contributed by atoms with E-state index in [0.29, 0.717) is 37.7 Å². The Bertz CT molecular complexity index is 913. The zero-order valence-electron chi connectivity index (χ0n) is 11.0. The monoisotopic (exact) mass is 320 g/mol. The average molecular weight is 321 g/mol. The summed E-state index contributed by atoms with van der Waals surface area (Å²) in [5, 5.41) is 11.1. The maximum absolute atomic E-state index is 12.3. The Morgan fingerprint density at radius 3 is 2.57 bits per heavy atom. The second-order valence-corrected chi connectivity index (χ2v) is 5.54. The SMILES string of the molecule is Cc1c(-c2ccc(Cl)cc2Cl)c(=O)oc2ccc(O)cc12. The van der Waals surface area contributed by atoms with Gasteiger partial charge in [0.15, 0.2) is 0 Å². The molecule has 1 heterocycles. The van der Waals surface area contributed by atoms with Gasteiger partial charge in [0.05, 0.1) is 10.6 Å². The molecule has 0 spiro atoms. The van der Waals surface area contributed by atoms with Gasteiger partial charge in [-0.2, -0.15) is 0 Å². The topological polar surface area (TPSA) is 50.4 Å². The van der Waals surface area contributed by atoms with E-state index < -0.39 is 5.63 Å². The summed E-state index contributed by atoms with van der Waals surface area (Å²) < 4.78 is 5.31. The fourth-order valence-corrected chi connectivity index (χ4v) is 2.85. The molecule has 0 aliphatic heterocycles. The van der Waals surface area contributed by atoms with Gasteiger partial charge in [-0.25, -0.2) is 4.79 Å². The zero-order valence-corrected chi connectivity index (χ0v) is 12.5. The molecule has 0 aliphatic rings. The van der Waals surface area contributed by atoms with Crippen LogP contribution in [-0.4, -0.2) is 5.11 Å². The normalized spacial score (nSPS) is 11.0. The number of benzene rings is 2. The van der Waals surface area contributed by atoms with Gasteiger partial charge in [-0.15, -0.1) is 0 Å². The van der Waals surface area contributed by atoms with E-state index in [4.69, 9.17) is 27.6 Å². The summed E-state index contributed by atoms with van der Waals surface area (Å²) >= 11 is 12.1. The van der Waals surface area contributed by atoms with E-state index in [1.165, 1.54) is 6.07 Å². The lowest BCUT2D eigenvalue weighted by atomic mass is 9.99. The van der Waals surface area contributed by atoms with Crippen LogP contribution in [0.5, 0.6) is 5.75 Å². The van der Waals surface area contributed by atoms with Crippen LogP contribution in [0, 0.1) is 6.92 Å². The molecule has 5 heteroatoms. The van der Waals surface area contributed by atoms with Gasteiger partial charge in [0, 0.05) is 16.0 Å². The Morgan fingerprint density at radius 1 is 1.10 bits per heavy atom. The van der Waals surface area contributed by atoms with E-state index in [1.807, 2.05) is 0 Å². The van der Waals surface area contributed by atoms with Crippen LogP contribution in [0.4, 0.5) is 0 Å². The lowest BCUT2D eigenvalue weighted by Crippen LogP contribution is -2.06. The number of hydrogen-bond acceptors (Lipinski definition) is 3. The Hall–Kier alpha value is -1.97. The molecule has 0 fully saturated rings. The summed E-state index contributed by atoms with van der Waals surface area (Å²) in [5.41, 5.74) is 1.56. The molecular weight excluding hydrogens is 311 g/mol. The number of halogens is 2. The van der Waals surface area contributed by atoms with Gasteiger partial charge < -0.3 is 9.52 Å². The first-order valence-electron chi connectivity index (χ1n) is 6.19. The van der Waals surface area contributed by atoms with Gasteiger partial charge in [-0.05, 0) is 42.8 Å². The van der Waals surface area contributed by atoms with Crippen LogP contribution in [-0.2, 0) is 0 Å². The first kappa shape index (κ1) is 14.0. The van der Waals surface area contributed by atoms with E-state index in [2.05, 4.69) is 0 Å². The van der Waals surface area contributed by atoms with Crippen LogP contribution in [0.1, 0.15) is 5.56 Å². The van der Waals surface area contributed by atoms with Crippen molar-refractivity contribution in [1.82, 2.24) is 0 Å². The first-order chi connectivity index (χ1) is 9.97.